The first-order valence-corrected chi connectivity index (χ1v) is 6.63. The van der Waals surface area contributed by atoms with E-state index < -0.39 is 0 Å². The highest BCUT2D eigenvalue weighted by Crippen LogP contribution is 2.16. The number of amides is 1. The summed E-state index contributed by atoms with van der Waals surface area (Å²) in [6.45, 7) is 4.93. The van der Waals surface area contributed by atoms with Crippen molar-refractivity contribution in [1.82, 2.24) is 15.1 Å². The maximum Gasteiger partial charge on any atom is 0.226 e. The van der Waals surface area contributed by atoms with Crippen LogP contribution in [0.5, 0.6) is 0 Å². The zero-order valence-electron chi connectivity index (χ0n) is 11.7. The molecule has 1 N–H and O–H groups in total. The van der Waals surface area contributed by atoms with Crippen molar-refractivity contribution in [2.24, 2.45) is 5.92 Å². The molecule has 17 heavy (non-hydrogen) atoms. The second kappa shape index (κ2) is 6.97. The lowest BCUT2D eigenvalue weighted by Crippen LogP contribution is -2.45. The topological polar surface area (TPSA) is 35.6 Å². The number of nitrogens with zero attached hydrogens (tertiary/aromatic N) is 2. The van der Waals surface area contributed by atoms with E-state index >= 15 is 0 Å². The summed E-state index contributed by atoms with van der Waals surface area (Å²) < 4.78 is 0. The van der Waals surface area contributed by atoms with E-state index in [-0.39, 0.29) is 5.92 Å². The largest absolute Gasteiger partial charge is 0.345 e. The molecule has 1 amide bonds. The van der Waals surface area contributed by atoms with Crippen LogP contribution in [0.15, 0.2) is 0 Å². The lowest BCUT2D eigenvalue weighted by atomic mass is 9.94. The van der Waals surface area contributed by atoms with Gasteiger partial charge in [0.2, 0.25) is 5.91 Å². The molecule has 1 aliphatic heterocycles. The molecule has 1 fully saturated rings. The maximum atomic E-state index is 12.2. The molecule has 4 heteroatoms. The normalized spacial score (nSPS) is 25.0. The van der Waals surface area contributed by atoms with Gasteiger partial charge in [-0.15, -0.1) is 0 Å². The van der Waals surface area contributed by atoms with E-state index in [1.807, 2.05) is 11.9 Å². The quantitative estimate of drug-likeness (QED) is 0.773. The molecule has 0 aliphatic carbocycles. The number of carbonyl (C=O) groups excluding carboxylic acids is 1. The van der Waals surface area contributed by atoms with Crippen LogP contribution in [0.25, 0.3) is 0 Å². The maximum absolute atomic E-state index is 12.2. The highest BCUT2D eigenvalue weighted by molar-refractivity contribution is 5.78. The van der Waals surface area contributed by atoms with E-state index in [1.165, 1.54) is 0 Å². The van der Waals surface area contributed by atoms with Gasteiger partial charge in [-0.05, 0) is 46.8 Å². The van der Waals surface area contributed by atoms with Crippen molar-refractivity contribution in [2.75, 3.05) is 40.8 Å². The Hall–Kier alpha value is -0.610. The Kier molecular flexibility index (Phi) is 5.92. The molecule has 1 heterocycles. The summed E-state index contributed by atoms with van der Waals surface area (Å²) in [5.74, 6) is 0.499. The van der Waals surface area contributed by atoms with Crippen molar-refractivity contribution in [1.29, 1.82) is 0 Å². The van der Waals surface area contributed by atoms with Gasteiger partial charge in [-0.3, -0.25) is 4.79 Å². The van der Waals surface area contributed by atoms with Crippen LogP contribution < -0.4 is 5.32 Å². The summed E-state index contributed by atoms with van der Waals surface area (Å²) in [4.78, 5) is 16.2. The molecule has 1 aliphatic rings. The Morgan fingerprint density at radius 2 is 1.94 bits per heavy atom. The lowest BCUT2D eigenvalue weighted by Gasteiger charge is -2.30. The average molecular weight is 241 g/mol. The van der Waals surface area contributed by atoms with Gasteiger partial charge >= 0.3 is 0 Å². The van der Waals surface area contributed by atoms with Gasteiger partial charge in [-0.2, -0.15) is 0 Å². The highest BCUT2D eigenvalue weighted by atomic mass is 16.2. The van der Waals surface area contributed by atoms with Crippen molar-refractivity contribution < 1.29 is 4.79 Å². The molecule has 0 aromatic heterocycles. The number of nitrogens with one attached hydrogen (secondary N) is 1. The fraction of sp³-hybridized carbons (Fsp3) is 0.923. The van der Waals surface area contributed by atoms with E-state index in [1.54, 1.807) is 0 Å². The zero-order chi connectivity index (χ0) is 12.8. The van der Waals surface area contributed by atoms with Gasteiger partial charge in [0.1, 0.15) is 0 Å². The number of hydrogen-bond donors (Lipinski definition) is 1. The smallest absolute Gasteiger partial charge is 0.226 e. The van der Waals surface area contributed by atoms with Crippen LogP contribution in [0, 0.1) is 5.92 Å². The molecule has 100 valence electrons. The van der Waals surface area contributed by atoms with E-state index in [0.717, 1.165) is 38.9 Å². The van der Waals surface area contributed by atoms with Crippen molar-refractivity contribution in [3.63, 3.8) is 0 Å². The van der Waals surface area contributed by atoms with Gasteiger partial charge in [0.25, 0.3) is 0 Å². The van der Waals surface area contributed by atoms with Crippen LogP contribution in [-0.2, 0) is 4.79 Å². The molecule has 0 aromatic rings. The summed E-state index contributed by atoms with van der Waals surface area (Å²) in [6.07, 6.45) is 3.19. The second-order valence-corrected chi connectivity index (χ2v) is 5.50. The Bertz CT molecular complexity index is 235. The molecule has 0 bridgehead atoms. The van der Waals surface area contributed by atoms with Gasteiger partial charge in [-0.25, -0.2) is 0 Å². The molecule has 0 spiro atoms. The Balaban J connectivity index is 2.26. The zero-order valence-corrected chi connectivity index (χ0v) is 11.7. The second-order valence-electron chi connectivity index (χ2n) is 5.50. The molecule has 1 rings (SSSR count). The van der Waals surface area contributed by atoms with Crippen molar-refractivity contribution in [3.05, 3.63) is 0 Å². The number of carbonyl (C=O) groups is 1. The standard InChI is InChI=1S/C13H27N3O/c1-11-6-7-12(10-14-11)13(17)16(4)9-5-8-15(2)3/h11-12,14H,5-10H2,1-4H3. The molecule has 0 aromatic carbocycles. The Morgan fingerprint density at radius 1 is 1.24 bits per heavy atom. The summed E-state index contributed by atoms with van der Waals surface area (Å²) in [6, 6.07) is 0.568. The predicted molar refractivity (Wildman–Crippen MR) is 71.0 cm³/mol. The molecule has 2 atom stereocenters. The van der Waals surface area contributed by atoms with Gasteiger partial charge in [0.05, 0.1) is 5.92 Å². The van der Waals surface area contributed by atoms with E-state index in [4.69, 9.17) is 0 Å². The van der Waals surface area contributed by atoms with Gasteiger partial charge in [0.15, 0.2) is 0 Å². The number of rotatable bonds is 5. The van der Waals surface area contributed by atoms with E-state index in [9.17, 15) is 4.79 Å². The first kappa shape index (κ1) is 14.5. The summed E-state index contributed by atoms with van der Waals surface area (Å²) in [5.41, 5.74) is 0. The first-order valence-electron chi connectivity index (χ1n) is 6.63. The number of piperidine rings is 1. The third-order valence-corrected chi connectivity index (χ3v) is 3.49. The SMILES string of the molecule is CC1CCC(C(=O)N(C)CCCN(C)C)CN1. The van der Waals surface area contributed by atoms with E-state index in [2.05, 4.69) is 31.2 Å². The predicted octanol–water partition coefficient (Wildman–Crippen LogP) is 0.785. The molecule has 4 nitrogen and oxygen atoms in total. The molecule has 2 unspecified atom stereocenters. The van der Waals surface area contributed by atoms with E-state index in [0.29, 0.717) is 11.9 Å². The minimum Gasteiger partial charge on any atom is -0.345 e. The van der Waals surface area contributed by atoms with Crippen molar-refractivity contribution >= 4 is 5.91 Å². The van der Waals surface area contributed by atoms with Crippen LogP contribution in [0.2, 0.25) is 0 Å². The van der Waals surface area contributed by atoms with Gasteiger partial charge in [0, 0.05) is 26.2 Å². The monoisotopic (exact) mass is 241 g/mol. The molecule has 0 saturated carbocycles. The summed E-state index contributed by atoms with van der Waals surface area (Å²) >= 11 is 0. The van der Waals surface area contributed by atoms with Crippen molar-refractivity contribution in [3.8, 4) is 0 Å². The molecule has 1 saturated heterocycles. The Morgan fingerprint density at radius 3 is 2.47 bits per heavy atom. The van der Waals surface area contributed by atoms with Crippen LogP contribution in [0.3, 0.4) is 0 Å². The van der Waals surface area contributed by atoms with Crippen LogP contribution >= 0.6 is 0 Å². The number of hydrogen-bond acceptors (Lipinski definition) is 3. The minimum absolute atomic E-state index is 0.190. The van der Waals surface area contributed by atoms with Gasteiger partial charge < -0.3 is 15.1 Å². The summed E-state index contributed by atoms with van der Waals surface area (Å²) in [5, 5.41) is 3.39. The first-order chi connectivity index (χ1) is 8.00. The fourth-order valence-corrected chi connectivity index (χ4v) is 2.26. The van der Waals surface area contributed by atoms with Gasteiger partial charge in [-0.1, -0.05) is 0 Å². The highest BCUT2D eigenvalue weighted by Gasteiger charge is 2.25. The van der Waals surface area contributed by atoms with Crippen LogP contribution in [0.4, 0.5) is 0 Å². The third-order valence-electron chi connectivity index (χ3n) is 3.49. The van der Waals surface area contributed by atoms with Crippen molar-refractivity contribution in [2.45, 2.75) is 32.2 Å². The molecular formula is C13H27N3O. The van der Waals surface area contributed by atoms with Crippen LogP contribution in [0.1, 0.15) is 26.2 Å². The molecule has 0 radical (unpaired) electrons. The Labute approximate surface area is 105 Å². The summed E-state index contributed by atoms with van der Waals surface area (Å²) in [7, 11) is 6.05. The minimum atomic E-state index is 0.190. The molecular weight excluding hydrogens is 214 g/mol. The lowest BCUT2D eigenvalue weighted by molar-refractivity contribution is -0.135. The van der Waals surface area contributed by atoms with Crippen LogP contribution in [-0.4, -0.2) is 62.5 Å². The average Bonchev–Trinajstić information content (AvgIpc) is 2.28. The third kappa shape index (κ3) is 5.04. The fourth-order valence-electron chi connectivity index (χ4n) is 2.26.